The molecule has 90 valence electrons. The summed E-state index contributed by atoms with van der Waals surface area (Å²) in [6, 6.07) is 10.5. The molecule has 0 amide bonds. The molecule has 0 atom stereocenters. The molecule has 0 bridgehead atoms. The Kier molecular flexibility index (Phi) is 2.63. The van der Waals surface area contributed by atoms with Crippen molar-refractivity contribution in [3.05, 3.63) is 45.8 Å². The van der Waals surface area contributed by atoms with E-state index in [-0.39, 0.29) is 0 Å². The number of fused-ring (bicyclic) bond motifs is 1. The summed E-state index contributed by atoms with van der Waals surface area (Å²) in [7, 11) is 0. The Hall–Kier alpha value is -1.74. The van der Waals surface area contributed by atoms with Crippen LogP contribution in [0.25, 0.3) is 22.3 Å². The van der Waals surface area contributed by atoms with Crippen LogP contribution in [-0.4, -0.2) is 9.97 Å². The zero-order chi connectivity index (χ0) is 12.7. The summed E-state index contributed by atoms with van der Waals surface area (Å²) in [6.45, 7) is 6.23. The Bertz CT molecular complexity index is 728. The standard InChI is InChI=1S/C15H14N2S/c1-9-4-6-13-12(8-9)5-7-14(17-13)15-10(2)18-11(3)16-15/h4-8H,1-3H3. The zero-order valence-corrected chi connectivity index (χ0v) is 11.5. The third kappa shape index (κ3) is 1.91. The minimum atomic E-state index is 0.966. The molecule has 2 nitrogen and oxygen atoms in total. The van der Waals surface area contributed by atoms with Gasteiger partial charge in [-0.3, -0.25) is 0 Å². The van der Waals surface area contributed by atoms with Crippen LogP contribution in [0.2, 0.25) is 0 Å². The molecule has 0 aliphatic rings. The largest absolute Gasteiger partial charge is 0.246 e. The first-order valence-corrected chi connectivity index (χ1v) is 6.77. The van der Waals surface area contributed by atoms with E-state index in [9.17, 15) is 0 Å². The summed E-state index contributed by atoms with van der Waals surface area (Å²) >= 11 is 1.72. The summed E-state index contributed by atoms with van der Waals surface area (Å²) in [4.78, 5) is 10.5. The molecule has 0 aliphatic carbocycles. The normalized spacial score (nSPS) is 11.1. The molecule has 2 heterocycles. The minimum Gasteiger partial charge on any atom is -0.246 e. The number of hydrogen-bond donors (Lipinski definition) is 0. The van der Waals surface area contributed by atoms with Crippen molar-refractivity contribution in [1.29, 1.82) is 0 Å². The van der Waals surface area contributed by atoms with Crippen molar-refractivity contribution in [3.8, 4) is 11.4 Å². The average Bonchev–Trinajstić information content (AvgIpc) is 2.68. The fraction of sp³-hybridized carbons (Fsp3) is 0.200. The molecule has 0 radical (unpaired) electrons. The fourth-order valence-corrected chi connectivity index (χ4v) is 2.97. The highest BCUT2D eigenvalue weighted by Gasteiger charge is 2.09. The van der Waals surface area contributed by atoms with Gasteiger partial charge in [0.1, 0.15) is 5.69 Å². The Labute approximate surface area is 110 Å². The molecule has 3 aromatic rings. The molecule has 0 unspecified atom stereocenters. The predicted molar refractivity (Wildman–Crippen MR) is 77.1 cm³/mol. The maximum atomic E-state index is 4.70. The summed E-state index contributed by atoms with van der Waals surface area (Å²) in [5, 5.41) is 2.27. The van der Waals surface area contributed by atoms with E-state index in [0.29, 0.717) is 0 Å². The van der Waals surface area contributed by atoms with Gasteiger partial charge < -0.3 is 0 Å². The highest BCUT2D eigenvalue weighted by Crippen LogP contribution is 2.27. The van der Waals surface area contributed by atoms with E-state index in [2.05, 4.69) is 49.2 Å². The van der Waals surface area contributed by atoms with Crippen molar-refractivity contribution in [3.63, 3.8) is 0 Å². The second-order valence-electron chi connectivity index (χ2n) is 4.53. The molecule has 3 rings (SSSR count). The molecule has 0 saturated carbocycles. The number of thiazole rings is 1. The van der Waals surface area contributed by atoms with Crippen LogP contribution in [0.5, 0.6) is 0 Å². The molecule has 3 heteroatoms. The number of aromatic nitrogens is 2. The number of hydrogen-bond acceptors (Lipinski definition) is 3. The first-order valence-electron chi connectivity index (χ1n) is 5.95. The Morgan fingerprint density at radius 1 is 0.944 bits per heavy atom. The molecular weight excluding hydrogens is 240 g/mol. The van der Waals surface area contributed by atoms with Crippen molar-refractivity contribution in [1.82, 2.24) is 9.97 Å². The van der Waals surface area contributed by atoms with Gasteiger partial charge in [0.25, 0.3) is 0 Å². The second-order valence-corrected chi connectivity index (χ2v) is 5.94. The third-order valence-electron chi connectivity index (χ3n) is 2.99. The number of nitrogens with zero attached hydrogens (tertiary/aromatic N) is 2. The van der Waals surface area contributed by atoms with Crippen molar-refractivity contribution < 1.29 is 0 Å². The van der Waals surface area contributed by atoms with Gasteiger partial charge in [-0.05, 0) is 39.0 Å². The van der Waals surface area contributed by atoms with Crippen molar-refractivity contribution in [2.24, 2.45) is 0 Å². The van der Waals surface area contributed by atoms with Gasteiger partial charge in [-0.15, -0.1) is 11.3 Å². The monoisotopic (exact) mass is 254 g/mol. The van der Waals surface area contributed by atoms with Gasteiger partial charge in [-0.2, -0.15) is 0 Å². The van der Waals surface area contributed by atoms with Gasteiger partial charge in [-0.1, -0.05) is 17.7 Å². The van der Waals surface area contributed by atoms with Crippen molar-refractivity contribution >= 4 is 22.2 Å². The van der Waals surface area contributed by atoms with Crippen LogP contribution in [0, 0.1) is 20.8 Å². The van der Waals surface area contributed by atoms with Gasteiger partial charge in [-0.25, -0.2) is 9.97 Å². The fourth-order valence-electron chi connectivity index (χ4n) is 2.14. The highest BCUT2D eigenvalue weighted by atomic mass is 32.1. The van der Waals surface area contributed by atoms with Crippen LogP contribution >= 0.6 is 11.3 Å². The van der Waals surface area contributed by atoms with Gasteiger partial charge in [0, 0.05) is 10.3 Å². The van der Waals surface area contributed by atoms with E-state index in [1.807, 2.05) is 6.92 Å². The average molecular weight is 254 g/mol. The van der Waals surface area contributed by atoms with Crippen molar-refractivity contribution in [2.75, 3.05) is 0 Å². The molecule has 0 aliphatic heterocycles. The Morgan fingerprint density at radius 2 is 1.78 bits per heavy atom. The van der Waals surface area contributed by atoms with E-state index in [1.165, 1.54) is 15.8 Å². The molecule has 0 fully saturated rings. The second kappa shape index (κ2) is 4.18. The lowest BCUT2D eigenvalue weighted by Crippen LogP contribution is -1.87. The Balaban J connectivity index is 2.19. The van der Waals surface area contributed by atoms with E-state index in [0.717, 1.165) is 21.9 Å². The lowest BCUT2D eigenvalue weighted by atomic mass is 10.1. The molecule has 2 aromatic heterocycles. The molecule has 1 aromatic carbocycles. The van der Waals surface area contributed by atoms with Crippen LogP contribution in [0.3, 0.4) is 0 Å². The summed E-state index contributed by atoms with van der Waals surface area (Å²) < 4.78 is 0. The third-order valence-corrected chi connectivity index (χ3v) is 3.88. The van der Waals surface area contributed by atoms with E-state index >= 15 is 0 Å². The number of rotatable bonds is 1. The van der Waals surface area contributed by atoms with Gasteiger partial charge in [0.2, 0.25) is 0 Å². The molecule has 0 spiro atoms. The summed E-state index contributed by atoms with van der Waals surface area (Å²) in [6.07, 6.45) is 0. The predicted octanol–water partition coefficient (Wildman–Crippen LogP) is 4.28. The zero-order valence-electron chi connectivity index (χ0n) is 10.7. The van der Waals surface area contributed by atoms with Gasteiger partial charge in [0.15, 0.2) is 0 Å². The molecule has 18 heavy (non-hydrogen) atoms. The van der Waals surface area contributed by atoms with Gasteiger partial charge in [0.05, 0.1) is 16.2 Å². The van der Waals surface area contributed by atoms with Crippen LogP contribution < -0.4 is 0 Å². The number of pyridine rings is 1. The van der Waals surface area contributed by atoms with E-state index < -0.39 is 0 Å². The summed E-state index contributed by atoms with van der Waals surface area (Å²) in [5.74, 6) is 0. The quantitative estimate of drug-likeness (QED) is 0.647. The smallest absolute Gasteiger partial charge is 0.103 e. The number of aryl methyl sites for hydroxylation is 3. The summed E-state index contributed by atoms with van der Waals surface area (Å²) in [5.41, 5.74) is 4.27. The van der Waals surface area contributed by atoms with Crippen LogP contribution in [0.1, 0.15) is 15.4 Å². The SMILES string of the molecule is Cc1ccc2nc(-c3nc(C)sc3C)ccc2c1. The first-order chi connectivity index (χ1) is 8.63. The maximum absolute atomic E-state index is 4.70. The van der Waals surface area contributed by atoms with E-state index in [1.54, 1.807) is 11.3 Å². The lowest BCUT2D eigenvalue weighted by molar-refractivity contribution is 1.25. The first kappa shape index (κ1) is 11.4. The van der Waals surface area contributed by atoms with Crippen molar-refractivity contribution in [2.45, 2.75) is 20.8 Å². The number of benzene rings is 1. The maximum Gasteiger partial charge on any atom is 0.103 e. The lowest BCUT2D eigenvalue weighted by Gasteiger charge is -2.02. The highest BCUT2D eigenvalue weighted by molar-refractivity contribution is 7.11. The van der Waals surface area contributed by atoms with E-state index in [4.69, 9.17) is 4.98 Å². The molecular formula is C15H14N2S. The van der Waals surface area contributed by atoms with Gasteiger partial charge >= 0.3 is 0 Å². The molecule has 0 saturated heterocycles. The van der Waals surface area contributed by atoms with Crippen LogP contribution in [0.15, 0.2) is 30.3 Å². The van der Waals surface area contributed by atoms with Crippen LogP contribution in [0.4, 0.5) is 0 Å². The Morgan fingerprint density at radius 3 is 2.50 bits per heavy atom. The minimum absolute atomic E-state index is 0.966. The van der Waals surface area contributed by atoms with Crippen LogP contribution in [-0.2, 0) is 0 Å². The molecule has 0 N–H and O–H groups in total. The topological polar surface area (TPSA) is 25.8 Å².